The van der Waals surface area contributed by atoms with Crippen molar-refractivity contribution in [3.8, 4) is 0 Å². The number of hydrogen-bond acceptors (Lipinski definition) is 3. The number of ether oxygens (including phenoxy) is 1. The lowest BCUT2D eigenvalue weighted by molar-refractivity contribution is -0.125. The molecule has 0 atom stereocenters. The lowest BCUT2D eigenvalue weighted by atomic mass is 10.4. The summed E-state index contributed by atoms with van der Waals surface area (Å²) in [6, 6.07) is 0. The molecule has 15 heavy (non-hydrogen) atoms. The summed E-state index contributed by atoms with van der Waals surface area (Å²) in [5.74, 6) is -0.00160. The zero-order valence-corrected chi connectivity index (χ0v) is 9.63. The molecule has 1 N–H and O–H groups in total. The van der Waals surface area contributed by atoms with Crippen LogP contribution in [0.3, 0.4) is 0 Å². The summed E-state index contributed by atoms with van der Waals surface area (Å²) < 4.78 is 5.00. The van der Waals surface area contributed by atoms with Crippen LogP contribution in [-0.4, -0.2) is 50.2 Å². The molecule has 4 heteroatoms. The van der Waals surface area contributed by atoms with Gasteiger partial charge in [0.15, 0.2) is 0 Å². The normalized spacial score (nSPS) is 16.9. The van der Waals surface area contributed by atoms with E-state index in [1.54, 1.807) is 0 Å². The first-order chi connectivity index (χ1) is 7.33. The molecule has 1 aliphatic heterocycles. The minimum absolute atomic E-state index is 0.00160. The van der Waals surface area contributed by atoms with Crippen LogP contribution in [0.25, 0.3) is 0 Å². The van der Waals surface area contributed by atoms with E-state index in [0.29, 0.717) is 6.61 Å². The van der Waals surface area contributed by atoms with Crippen molar-refractivity contribution < 1.29 is 9.53 Å². The van der Waals surface area contributed by atoms with Gasteiger partial charge in [0.05, 0.1) is 0 Å². The van der Waals surface area contributed by atoms with Gasteiger partial charge in [0.2, 0.25) is 5.91 Å². The molecule has 1 fully saturated rings. The van der Waals surface area contributed by atoms with Gasteiger partial charge in [-0.3, -0.25) is 4.79 Å². The second kappa shape index (κ2) is 7.65. The quantitative estimate of drug-likeness (QED) is 0.632. The minimum atomic E-state index is -0.00160. The van der Waals surface area contributed by atoms with Crippen LogP contribution in [0.1, 0.15) is 26.2 Å². The first-order valence-electron chi connectivity index (χ1n) is 5.89. The van der Waals surface area contributed by atoms with Crippen molar-refractivity contribution in [3.05, 3.63) is 0 Å². The van der Waals surface area contributed by atoms with E-state index in [2.05, 4.69) is 10.2 Å². The average molecular weight is 214 g/mol. The molecule has 0 aromatic heterocycles. The number of hydrogen-bond donors (Lipinski definition) is 1. The molecule has 1 aliphatic rings. The fourth-order valence-electron chi connectivity index (χ4n) is 1.78. The summed E-state index contributed by atoms with van der Waals surface area (Å²) in [5.41, 5.74) is 0. The number of nitrogens with zero attached hydrogens (tertiary/aromatic N) is 1. The Morgan fingerprint density at radius 2 is 2.13 bits per heavy atom. The van der Waals surface area contributed by atoms with Gasteiger partial charge >= 0.3 is 0 Å². The summed E-state index contributed by atoms with van der Waals surface area (Å²) in [5, 5.41) is 2.85. The van der Waals surface area contributed by atoms with Gasteiger partial charge in [0.1, 0.15) is 6.61 Å². The van der Waals surface area contributed by atoms with Crippen LogP contribution in [0.4, 0.5) is 0 Å². The van der Waals surface area contributed by atoms with Crippen LogP contribution in [0.2, 0.25) is 0 Å². The average Bonchev–Trinajstić information content (AvgIpc) is 2.74. The third-order valence-corrected chi connectivity index (χ3v) is 2.61. The molecule has 0 radical (unpaired) electrons. The molecule has 0 aromatic rings. The highest BCUT2D eigenvalue weighted by atomic mass is 16.5. The van der Waals surface area contributed by atoms with E-state index < -0.39 is 0 Å². The molecule has 0 spiro atoms. The van der Waals surface area contributed by atoms with Gasteiger partial charge in [-0.2, -0.15) is 0 Å². The molecule has 0 saturated carbocycles. The predicted octanol–water partition coefficient (Wildman–Crippen LogP) is 0.625. The van der Waals surface area contributed by atoms with Crippen molar-refractivity contribution >= 4 is 5.91 Å². The van der Waals surface area contributed by atoms with Crippen molar-refractivity contribution in [2.75, 3.05) is 39.4 Å². The summed E-state index contributed by atoms with van der Waals surface area (Å²) in [4.78, 5) is 13.6. The van der Waals surface area contributed by atoms with Crippen molar-refractivity contribution in [3.63, 3.8) is 0 Å². The van der Waals surface area contributed by atoms with Crippen LogP contribution in [0, 0.1) is 0 Å². The van der Waals surface area contributed by atoms with Gasteiger partial charge < -0.3 is 15.0 Å². The van der Waals surface area contributed by atoms with Crippen LogP contribution in [0.15, 0.2) is 0 Å². The van der Waals surface area contributed by atoms with Crippen molar-refractivity contribution in [2.45, 2.75) is 26.2 Å². The van der Waals surface area contributed by atoms with Gasteiger partial charge in [0.25, 0.3) is 0 Å². The first-order valence-corrected chi connectivity index (χ1v) is 5.89. The molecule has 88 valence electrons. The fraction of sp³-hybridized carbons (Fsp3) is 0.909. The number of amides is 1. The highest BCUT2D eigenvalue weighted by Crippen LogP contribution is 2.06. The fourth-order valence-corrected chi connectivity index (χ4v) is 1.78. The number of rotatable bonds is 7. The van der Waals surface area contributed by atoms with Gasteiger partial charge in [-0.1, -0.05) is 0 Å². The Bertz CT molecular complexity index is 179. The van der Waals surface area contributed by atoms with E-state index in [-0.39, 0.29) is 12.5 Å². The highest BCUT2D eigenvalue weighted by molar-refractivity contribution is 5.77. The maximum absolute atomic E-state index is 11.1. The van der Waals surface area contributed by atoms with E-state index in [1.807, 2.05) is 6.92 Å². The number of carbonyl (C=O) groups excluding carboxylic acids is 1. The molecule has 1 amide bonds. The maximum Gasteiger partial charge on any atom is 0.245 e. The Hall–Kier alpha value is -0.610. The summed E-state index contributed by atoms with van der Waals surface area (Å²) in [6.07, 6.45) is 3.70. The Balaban J connectivity index is 1.89. The zero-order valence-electron chi connectivity index (χ0n) is 9.63. The minimum Gasteiger partial charge on any atom is -0.372 e. The molecule has 0 bridgehead atoms. The largest absolute Gasteiger partial charge is 0.372 e. The molecular weight excluding hydrogens is 192 g/mol. The smallest absolute Gasteiger partial charge is 0.245 e. The van der Waals surface area contributed by atoms with Gasteiger partial charge in [-0.15, -0.1) is 0 Å². The van der Waals surface area contributed by atoms with Crippen molar-refractivity contribution in [1.82, 2.24) is 10.2 Å². The Morgan fingerprint density at radius 3 is 2.80 bits per heavy atom. The number of nitrogens with one attached hydrogen (secondary N) is 1. The van der Waals surface area contributed by atoms with Gasteiger partial charge in [0, 0.05) is 13.2 Å². The van der Waals surface area contributed by atoms with E-state index in [4.69, 9.17) is 4.74 Å². The van der Waals surface area contributed by atoms with Crippen LogP contribution in [0.5, 0.6) is 0 Å². The standard InChI is InChI=1S/C11H22N2O2/c1-2-15-10-11(14)12-6-5-9-13-7-3-4-8-13/h2-10H2,1H3,(H,12,14). The van der Waals surface area contributed by atoms with Crippen LogP contribution >= 0.6 is 0 Å². The summed E-state index contributed by atoms with van der Waals surface area (Å²) in [7, 11) is 0. The summed E-state index contributed by atoms with van der Waals surface area (Å²) in [6.45, 7) is 7.01. The Kier molecular flexibility index (Phi) is 6.36. The first kappa shape index (κ1) is 12.5. The Labute approximate surface area is 92.0 Å². The zero-order chi connectivity index (χ0) is 10.9. The van der Waals surface area contributed by atoms with Crippen molar-refractivity contribution in [2.24, 2.45) is 0 Å². The Morgan fingerprint density at radius 1 is 1.40 bits per heavy atom. The molecule has 1 saturated heterocycles. The SMILES string of the molecule is CCOCC(=O)NCCCN1CCCC1. The molecule has 1 rings (SSSR count). The van der Waals surface area contributed by atoms with E-state index in [1.165, 1.54) is 25.9 Å². The van der Waals surface area contributed by atoms with E-state index in [0.717, 1.165) is 19.5 Å². The maximum atomic E-state index is 11.1. The third kappa shape index (κ3) is 5.74. The lowest BCUT2D eigenvalue weighted by Gasteiger charge is -2.14. The van der Waals surface area contributed by atoms with Crippen LogP contribution in [-0.2, 0) is 9.53 Å². The lowest BCUT2D eigenvalue weighted by Crippen LogP contribution is -2.31. The second-order valence-electron chi connectivity index (χ2n) is 3.89. The predicted molar refractivity (Wildman–Crippen MR) is 59.8 cm³/mol. The van der Waals surface area contributed by atoms with Gasteiger partial charge in [-0.25, -0.2) is 0 Å². The topological polar surface area (TPSA) is 41.6 Å². The second-order valence-corrected chi connectivity index (χ2v) is 3.89. The number of carbonyl (C=O) groups is 1. The molecule has 4 nitrogen and oxygen atoms in total. The molecular formula is C11H22N2O2. The third-order valence-electron chi connectivity index (χ3n) is 2.61. The van der Waals surface area contributed by atoms with Crippen LogP contribution < -0.4 is 5.32 Å². The van der Waals surface area contributed by atoms with Gasteiger partial charge in [-0.05, 0) is 45.8 Å². The molecule has 0 aromatic carbocycles. The summed E-state index contributed by atoms with van der Waals surface area (Å²) >= 11 is 0. The monoisotopic (exact) mass is 214 g/mol. The number of likely N-dealkylation sites (tertiary alicyclic amines) is 1. The van der Waals surface area contributed by atoms with Crippen molar-refractivity contribution in [1.29, 1.82) is 0 Å². The highest BCUT2D eigenvalue weighted by Gasteiger charge is 2.10. The molecule has 0 unspecified atom stereocenters. The molecule has 1 heterocycles. The van der Waals surface area contributed by atoms with E-state index >= 15 is 0 Å². The molecule has 0 aliphatic carbocycles. The van der Waals surface area contributed by atoms with E-state index in [9.17, 15) is 4.79 Å².